The van der Waals surface area contributed by atoms with Crippen molar-refractivity contribution in [3.05, 3.63) is 60.4 Å². The monoisotopic (exact) mass is 492 g/mol. The molecule has 0 radical (unpaired) electrons. The van der Waals surface area contributed by atoms with E-state index in [9.17, 15) is 21.6 Å². The van der Waals surface area contributed by atoms with Crippen molar-refractivity contribution in [2.24, 2.45) is 11.3 Å². The molecule has 1 atom stereocenters. The molecular weight excluding hydrogens is 469 g/mol. The highest BCUT2D eigenvalue weighted by atomic mass is 32.2. The van der Waals surface area contributed by atoms with E-state index >= 15 is 0 Å². The van der Waals surface area contributed by atoms with Gasteiger partial charge in [-0.1, -0.05) is 0 Å². The Hall–Kier alpha value is -2.86. The molecule has 12 heteroatoms. The van der Waals surface area contributed by atoms with E-state index in [1.54, 1.807) is 41.7 Å². The number of aromatic nitrogens is 4. The molecule has 3 saturated carbocycles. The molecule has 0 unspecified atom stereocenters. The van der Waals surface area contributed by atoms with Gasteiger partial charge in [0.15, 0.2) is 0 Å². The lowest BCUT2D eigenvalue weighted by Gasteiger charge is -2.67. The van der Waals surface area contributed by atoms with E-state index in [0.717, 1.165) is 30.6 Å². The molecule has 1 N–H and O–H groups in total. The Kier molecular flexibility index (Phi) is 4.66. The van der Waals surface area contributed by atoms with Crippen LogP contribution < -0.4 is 4.90 Å². The minimum atomic E-state index is -5.51. The summed E-state index contributed by atoms with van der Waals surface area (Å²) >= 11 is 0. The maximum absolute atomic E-state index is 13.7. The number of H-pyrrole nitrogens is 1. The van der Waals surface area contributed by atoms with Crippen LogP contribution in [0.2, 0.25) is 0 Å². The van der Waals surface area contributed by atoms with Gasteiger partial charge in [0, 0.05) is 43.4 Å². The Balaban J connectivity index is 1.49. The number of benzene rings is 1. The number of nitrogens with one attached hydrogen (secondary N) is 1. The van der Waals surface area contributed by atoms with Gasteiger partial charge < -0.3 is 9.88 Å². The smallest absolute Gasteiger partial charge is 0.361 e. The summed E-state index contributed by atoms with van der Waals surface area (Å²) in [7, 11) is -5.51. The molecule has 1 aliphatic heterocycles. The van der Waals surface area contributed by atoms with Crippen LogP contribution in [-0.2, 0) is 23.1 Å². The first kappa shape index (κ1) is 21.7. The van der Waals surface area contributed by atoms with Gasteiger partial charge in [-0.2, -0.15) is 22.6 Å². The summed E-state index contributed by atoms with van der Waals surface area (Å²) in [5.74, 6) is 0.589. The number of hydrogen-bond acceptors (Lipinski definition) is 5. The molecule has 180 valence electrons. The molecule has 3 aliphatic carbocycles. The number of anilines is 1. The van der Waals surface area contributed by atoms with Crippen molar-refractivity contribution in [3.63, 3.8) is 0 Å². The number of fused-ring (bicyclic) bond motifs is 1. The first-order valence-electron chi connectivity index (χ1n) is 11.1. The Morgan fingerprint density at radius 1 is 1.21 bits per heavy atom. The summed E-state index contributed by atoms with van der Waals surface area (Å²) in [6.45, 7) is -0.179. The molecule has 0 amide bonds. The number of aromatic amines is 1. The van der Waals surface area contributed by atoms with Crippen LogP contribution in [0, 0.1) is 11.3 Å². The third-order valence-corrected chi connectivity index (χ3v) is 9.10. The van der Waals surface area contributed by atoms with Gasteiger partial charge in [0.2, 0.25) is 0 Å². The summed E-state index contributed by atoms with van der Waals surface area (Å²) in [5.41, 5.74) is -2.83. The second kappa shape index (κ2) is 7.32. The van der Waals surface area contributed by atoms with Gasteiger partial charge in [-0.05, 0) is 60.4 Å². The maximum Gasteiger partial charge on any atom is 0.511 e. The van der Waals surface area contributed by atoms with Crippen LogP contribution in [0.15, 0.2) is 49.2 Å². The highest BCUT2D eigenvalue weighted by Crippen LogP contribution is 2.67. The van der Waals surface area contributed by atoms with Crippen LogP contribution in [0.25, 0.3) is 5.69 Å². The number of nitrogens with zero attached hydrogens (tertiary/aromatic N) is 5. The molecule has 3 fully saturated rings. The minimum Gasteiger partial charge on any atom is -0.361 e. The molecule has 3 heterocycles. The quantitative estimate of drug-likeness (QED) is 0.590. The first-order chi connectivity index (χ1) is 16.2. The lowest BCUT2D eigenvalue weighted by atomic mass is 9.41. The van der Waals surface area contributed by atoms with Gasteiger partial charge in [-0.25, -0.2) is 18.1 Å². The van der Waals surface area contributed by atoms with Crippen molar-refractivity contribution < 1.29 is 21.6 Å². The minimum absolute atomic E-state index is 0.174. The fraction of sp³-hybridized carbons (Fsp3) is 0.455. The van der Waals surface area contributed by atoms with Gasteiger partial charge in [-0.15, -0.1) is 0 Å². The highest BCUT2D eigenvalue weighted by molar-refractivity contribution is 7.89. The van der Waals surface area contributed by atoms with E-state index in [0.29, 0.717) is 28.0 Å². The molecule has 1 aromatic carbocycles. The van der Waals surface area contributed by atoms with Crippen LogP contribution in [-0.4, -0.2) is 50.6 Å². The normalized spacial score (nSPS) is 27.0. The largest absolute Gasteiger partial charge is 0.511 e. The zero-order valence-corrected chi connectivity index (χ0v) is 18.9. The van der Waals surface area contributed by atoms with Crippen LogP contribution in [0.5, 0.6) is 0 Å². The van der Waals surface area contributed by atoms with Crippen molar-refractivity contribution in [2.75, 3.05) is 11.4 Å². The molecule has 0 saturated heterocycles. The average molecular weight is 493 g/mol. The molecule has 34 heavy (non-hydrogen) atoms. The molecule has 0 spiro atoms. The molecule has 7 rings (SSSR count). The van der Waals surface area contributed by atoms with Crippen LogP contribution in [0.1, 0.15) is 30.5 Å². The fourth-order valence-corrected chi connectivity index (χ4v) is 6.75. The molecule has 2 bridgehead atoms. The van der Waals surface area contributed by atoms with Crippen molar-refractivity contribution in [1.82, 2.24) is 24.1 Å². The topological polar surface area (TPSA) is 87.1 Å². The van der Waals surface area contributed by atoms with Gasteiger partial charge in [0.25, 0.3) is 0 Å². The number of rotatable bonds is 5. The summed E-state index contributed by atoms with van der Waals surface area (Å²) in [4.78, 5) is 9.24. The Labute approximate surface area is 194 Å². The fourth-order valence-electron chi connectivity index (χ4n) is 5.81. The Morgan fingerprint density at radius 3 is 2.59 bits per heavy atom. The van der Waals surface area contributed by atoms with Crippen molar-refractivity contribution >= 4 is 15.7 Å². The Bertz CT molecular complexity index is 1290. The third-order valence-electron chi connectivity index (χ3n) is 7.56. The zero-order valence-electron chi connectivity index (χ0n) is 18.1. The second-order valence-corrected chi connectivity index (χ2v) is 11.5. The van der Waals surface area contributed by atoms with E-state index in [4.69, 9.17) is 0 Å². The zero-order chi connectivity index (χ0) is 23.7. The number of hydrogen-bond donors (Lipinski definition) is 1. The predicted octanol–water partition coefficient (Wildman–Crippen LogP) is 3.44. The summed E-state index contributed by atoms with van der Waals surface area (Å²) in [6, 6.07) is 6.82. The van der Waals surface area contributed by atoms with Crippen molar-refractivity contribution in [3.8, 4) is 5.69 Å². The van der Waals surface area contributed by atoms with Crippen LogP contribution >= 0.6 is 0 Å². The maximum atomic E-state index is 13.7. The SMILES string of the molecule is O=S(=O)(N1Cc2cc(-n3cccn3)ccc2N(Cc2cnc[nH]2)[C@@H](C23CC(C2)C3)C1)C(F)(F)F. The molecule has 4 aliphatic rings. The lowest BCUT2D eigenvalue weighted by Crippen LogP contribution is -2.66. The highest BCUT2D eigenvalue weighted by Gasteiger charge is 2.63. The molecule has 8 nitrogen and oxygen atoms in total. The van der Waals surface area contributed by atoms with Crippen molar-refractivity contribution in [2.45, 2.75) is 43.9 Å². The van der Waals surface area contributed by atoms with Gasteiger partial charge >= 0.3 is 15.5 Å². The average Bonchev–Trinajstić information content (AvgIpc) is 3.39. The van der Waals surface area contributed by atoms with Gasteiger partial charge in [-0.3, -0.25) is 0 Å². The molecular formula is C22H23F3N6O2S. The van der Waals surface area contributed by atoms with Crippen molar-refractivity contribution in [1.29, 1.82) is 0 Å². The summed E-state index contributed by atoms with van der Waals surface area (Å²) in [6.07, 6.45) is 9.33. The first-order valence-corrected chi connectivity index (χ1v) is 12.5. The third kappa shape index (κ3) is 3.26. The second-order valence-electron chi connectivity index (χ2n) is 9.57. The van der Waals surface area contributed by atoms with Gasteiger partial charge in [0.1, 0.15) is 0 Å². The summed E-state index contributed by atoms with van der Waals surface area (Å²) < 4.78 is 68.6. The number of sulfonamides is 1. The van der Waals surface area contributed by atoms with E-state index < -0.39 is 15.5 Å². The predicted molar refractivity (Wildman–Crippen MR) is 117 cm³/mol. The van der Waals surface area contributed by atoms with E-state index in [2.05, 4.69) is 20.0 Å². The number of halogens is 3. The van der Waals surface area contributed by atoms with Crippen LogP contribution in [0.3, 0.4) is 0 Å². The lowest BCUT2D eigenvalue weighted by molar-refractivity contribution is -0.129. The number of alkyl halides is 3. The summed E-state index contributed by atoms with van der Waals surface area (Å²) in [5, 5.41) is 4.21. The number of imidazole rings is 1. The van der Waals surface area contributed by atoms with E-state index in [1.807, 2.05) is 12.1 Å². The molecule has 2 aromatic heterocycles. The van der Waals surface area contributed by atoms with E-state index in [-0.39, 0.29) is 24.5 Å². The van der Waals surface area contributed by atoms with Crippen LogP contribution in [0.4, 0.5) is 18.9 Å². The van der Waals surface area contributed by atoms with Gasteiger partial charge in [0.05, 0.1) is 24.3 Å². The standard InChI is InChI=1S/C22H23F3N6O2S/c23-22(24,25)34(32,33)29-11-16-6-18(31-5-1-4-28-31)2-3-19(16)30(12-17-10-26-14-27-17)20(13-29)21-7-15(8-21)9-21/h1-6,10,14-15,20H,7-9,11-13H2,(H,26,27)/t15?,20-,21?/m1/s1. The molecule has 3 aromatic rings. The Morgan fingerprint density at radius 2 is 2.00 bits per heavy atom. The van der Waals surface area contributed by atoms with E-state index in [1.165, 1.54) is 0 Å².